The van der Waals surface area contributed by atoms with Crippen LogP contribution in [0.1, 0.15) is 82.3 Å². The Bertz CT molecular complexity index is 1840. The largest absolute Gasteiger partial charge is 0.455 e. The Morgan fingerprint density at radius 3 is 2.28 bits per heavy atom. The fourth-order valence-electron chi connectivity index (χ4n) is 8.75. The minimum Gasteiger partial charge on any atom is -0.455 e. The molecule has 0 aromatic heterocycles. The van der Waals surface area contributed by atoms with E-state index in [1.54, 1.807) is 0 Å². The highest BCUT2D eigenvalue weighted by molar-refractivity contribution is 5.96. The van der Waals surface area contributed by atoms with Crippen LogP contribution in [0.15, 0.2) is 36.4 Å². The molecule has 0 atom stereocenters. The number of carbonyl (C=O) groups excluding carboxylic acids is 2. The van der Waals surface area contributed by atoms with E-state index in [1.165, 1.54) is 62.5 Å². The first-order valence-corrected chi connectivity index (χ1v) is 16.5. The predicted octanol–water partition coefficient (Wildman–Crippen LogP) is 3.93. The molecule has 1 saturated heterocycles. The van der Waals surface area contributed by atoms with Crippen molar-refractivity contribution in [1.82, 2.24) is 9.48 Å². The molecule has 1 fully saturated rings. The minimum absolute atomic E-state index is 0.0222. The van der Waals surface area contributed by atoms with Crippen LogP contribution >= 0.6 is 0 Å². The van der Waals surface area contributed by atoms with Gasteiger partial charge in [-0.1, -0.05) is 12.1 Å². The van der Waals surface area contributed by atoms with Gasteiger partial charge in [0.05, 0.1) is 5.56 Å². The molecule has 6 heterocycles. The van der Waals surface area contributed by atoms with Crippen molar-refractivity contribution >= 4 is 23.0 Å². The number of nitrogens with zero attached hydrogens (tertiary/aromatic N) is 3. The molecule has 0 unspecified atom stereocenters. The van der Waals surface area contributed by atoms with E-state index in [0.717, 1.165) is 81.8 Å². The number of benzene rings is 3. The van der Waals surface area contributed by atoms with Crippen LogP contribution in [-0.4, -0.2) is 55.9 Å². The number of carbonyl (C=O) groups is 2. The number of piperidine rings is 1. The van der Waals surface area contributed by atoms with Crippen molar-refractivity contribution in [1.29, 1.82) is 0 Å². The van der Waals surface area contributed by atoms with Gasteiger partial charge >= 0.3 is 0 Å². The van der Waals surface area contributed by atoms with Crippen molar-refractivity contribution in [2.75, 3.05) is 44.2 Å². The lowest BCUT2D eigenvalue weighted by Gasteiger charge is -2.39. The Kier molecular flexibility index (Phi) is 5.82. The van der Waals surface area contributed by atoms with E-state index in [1.807, 2.05) is 17.0 Å². The van der Waals surface area contributed by atoms with Crippen LogP contribution in [0.25, 0.3) is 5.57 Å². The zero-order valence-corrected chi connectivity index (χ0v) is 24.8. The van der Waals surface area contributed by atoms with E-state index in [0.29, 0.717) is 31.5 Å². The molecule has 0 saturated carbocycles. The molecule has 6 aliphatic heterocycles. The van der Waals surface area contributed by atoms with Crippen LogP contribution < -0.4 is 24.8 Å². The number of rotatable bonds is 2. The van der Waals surface area contributed by atoms with Gasteiger partial charge in [-0.2, -0.15) is 0 Å². The maximum absolute atomic E-state index is 13.3. The molecule has 3 aromatic rings. The second kappa shape index (κ2) is 9.80. The lowest BCUT2D eigenvalue weighted by Crippen LogP contribution is -2.45. The fourth-order valence-corrected chi connectivity index (χ4v) is 8.75. The van der Waals surface area contributed by atoms with Crippen molar-refractivity contribution in [3.8, 4) is 11.5 Å². The summed E-state index contributed by atoms with van der Waals surface area (Å²) in [7, 11) is 0. The van der Waals surface area contributed by atoms with Gasteiger partial charge in [-0.3, -0.25) is 9.59 Å². The number of amides is 1. The molecule has 6 aliphatic rings. The van der Waals surface area contributed by atoms with E-state index in [-0.39, 0.29) is 11.7 Å². The molecular formula is C37H38N3O3+. The number of hydrogen-bond acceptors (Lipinski definition) is 4. The monoisotopic (exact) mass is 572 g/mol. The lowest BCUT2D eigenvalue weighted by molar-refractivity contribution is -0.120. The number of Topliss-reactive ketones (excluding diaryl/α,β-unsaturated/α-hetero) is 1. The topological polar surface area (TPSA) is 52.9 Å². The summed E-state index contributed by atoms with van der Waals surface area (Å²) >= 11 is 0. The molecule has 1 amide bonds. The zero-order chi connectivity index (χ0) is 28.7. The third-order valence-corrected chi connectivity index (χ3v) is 10.7. The Labute approximate surface area is 252 Å². The van der Waals surface area contributed by atoms with Gasteiger partial charge < -0.3 is 14.5 Å². The number of aryl methyl sites for hydroxylation is 2. The van der Waals surface area contributed by atoms with Crippen LogP contribution in [0.4, 0.5) is 5.69 Å². The number of fused-ring (bicyclic) bond motifs is 4. The molecule has 0 radical (unpaired) electrons. The van der Waals surface area contributed by atoms with Gasteiger partial charge in [-0.05, 0) is 73.9 Å². The van der Waals surface area contributed by atoms with Gasteiger partial charge in [0.1, 0.15) is 30.4 Å². The molecular weight excluding hydrogens is 534 g/mol. The maximum Gasteiger partial charge on any atom is 0.253 e. The number of anilines is 1. The van der Waals surface area contributed by atoms with Crippen LogP contribution in [0.3, 0.4) is 0 Å². The number of hydrogen-bond donors (Lipinski definition) is 0. The highest BCUT2D eigenvalue weighted by Crippen LogP contribution is 2.48. The summed E-state index contributed by atoms with van der Waals surface area (Å²) in [6.45, 7) is 5.59. The Hall–Kier alpha value is -3.93. The molecule has 0 spiro atoms. The van der Waals surface area contributed by atoms with Gasteiger partial charge in [-0.15, -0.1) is 0 Å². The van der Waals surface area contributed by atoms with Crippen molar-refractivity contribution in [3.05, 3.63) is 85.9 Å². The van der Waals surface area contributed by atoms with Gasteiger partial charge in [0.15, 0.2) is 0 Å². The fraction of sp³-hybridized carbons (Fsp3) is 0.432. The summed E-state index contributed by atoms with van der Waals surface area (Å²) in [5.41, 5.74) is 11.4. The van der Waals surface area contributed by atoms with Gasteiger partial charge in [0.25, 0.3) is 5.91 Å². The third-order valence-electron chi connectivity index (χ3n) is 10.7. The third kappa shape index (κ3) is 3.94. The SMILES string of the molecule is O=C1CCN(C(=O)c2ccc(C3=c4cc5c6c(c4Oc4c3cc3c7c4CCCN7CCC3)CCC[N+]=6CCC5)cc2)CC1. The number of ether oxygens (including phenoxy) is 1. The smallest absolute Gasteiger partial charge is 0.253 e. The zero-order valence-electron chi connectivity index (χ0n) is 24.8. The first kappa shape index (κ1) is 25.6. The standard InChI is InChI=1S/C37H38N3O3/c41-27-13-19-40(20-14-27)37(42)24-11-9-23(10-12-24)32-30-21-25-5-1-15-38-17-3-7-28(33(25)38)35(30)43-36-29-8-4-18-39-16-2-6-26(34(29)39)22-31(32)36/h9-12,21-22H,1-8,13-20H2/q+1. The molecule has 9 rings (SSSR count). The summed E-state index contributed by atoms with van der Waals surface area (Å²) in [5, 5.41) is 2.66. The number of likely N-dealkylation sites (tertiary alicyclic amines) is 1. The van der Waals surface area contributed by atoms with Crippen LogP contribution in [0.2, 0.25) is 0 Å². The van der Waals surface area contributed by atoms with E-state index < -0.39 is 0 Å². The summed E-state index contributed by atoms with van der Waals surface area (Å²) in [4.78, 5) is 29.5. The number of ketones is 1. The van der Waals surface area contributed by atoms with Crippen LogP contribution in [0, 0.1) is 0 Å². The van der Waals surface area contributed by atoms with E-state index in [2.05, 4.69) is 33.7 Å². The van der Waals surface area contributed by atoms with Crippen molar-refractivity contribution < 1.29 is 14.3 Å². The Balaban J connectivity index is 1.26. The molecule has 6 nitrogen and oxygen atoms in total. The Morgan fingerprint density at radius 2 is 1.47 bits per heavy atom. The van der Waals surface area contributed by atoms with Crippen LogP contribution in [-0.2, 0) is 30.5 Å². The maximum atomic E-state index is 13.3. The Morgan fingerprint density at radius 1 is 0.744 bits per heavy atom. The second-order valence-corrected chi connectivity index (χ2v) is 13.3. The van der Waals surface area contributed by atoms with E-state index >= 15 is 0 Å². The van der Waals surface area contributed by atoms with Crippen molar-refractivity contribution in [2.24, 2.45) is 0 Å². The molecule has 0 bridgehead atoms. The normalized spacial score (nSPS) is 20.1. The molecule has 218 valence electrons. The van der Waals surface area contributed by atoms with Crippen molar-refractivity contribution in [2.45, 2.75) is 64.2 Å². The van der Waals surface area contributed by atoms with Gasteiger partial charge in [0.2, 0.25) is 5.36 Å². The molecule has 6 heteroatoms. The quantitative estimate of drug-likeness (QED) is 0.342. The average molecular weight is 573 g/mol. The second-order valence-electron chi connectivity index (χ2n) is 13.3. The first-order valence-electron chi connectivity index (χ1n) is 16.5. The first-order chi connectivity index (χ1) is 21.1. The molecule has 0 N–H and O–H groups in total. The van der Waals surface area contributed by atoms with Crippen molar-refractivity contribution in [3.63, 3.8) is 0 Å². The van der Waals surface area contributed by atoms with Gasteiger partial charge in [-0.25, -0.2) is 4.58 Å². The summed E-state index contributed by atoms with van der Waals surface area (Å²) in [6.07, 6.45) is 9.99. The summed E-state index contributed by atoms with van der Waals surface area (Å²) < 4.78 is 9.76. The summed E-state index contributed by atoms with van der Waals surface area (Å²) in [5.74, 6) is 2.40. The van der Waals surface area contributed by atoms with Crippen LogP contribution in [0.5, 0.6) is 11.5 Å². The highest BCUT2D eigenvalue weighted by atomic mass is 16.5. The predicted molar refractivity (Wildman–Crippen MR) is 167 cm³/mol. The van der Waals surface area contributed by atoms with E-state index in [9.17, 15) is 9.59 Å². The van der Waals surface area contributed by atoms with Gasteiger partial charge in [0, 0.05) is 90.6 Å². The van der Waals surface area contributed by atoms with E-state index in [4.69, 9.17) is 4.74 Å². The summed E-state index contributed by atoms with van der Waals surface area (Å²) in [6, 6.07) is 13.1. The molecule has 3 aromatic carbocycles. The minimum atomic E-state index is 0.0222. The highest BCUT2D eigenvalue weighted by Gasteiger charge is 2.35. The molecule has 0 aliphatic carbocycles. The average Bonchev–Trinajstić information content (AvgIpc) is 3.05. The molecule has 43 heavy (non-hydrogen) atoms. The lowest BCUT2D eigenvalue weighted by atomic mass is 9.82.